The number of carboxylic acid groups (broad SMARTS) is 1. The molecule has 1 rings (SSSR count). The SMILES string of the molecule is Cn1cc(S(N)(=O)=O)cc1C(=O)NCCOCC(=O)O. The van der Waals surface area contributed by atoms with Gasteiger partial charge in [0, 0.05) is 19.8 Å². The summed E-state index contributed by atoms with van der Waals surface area (Å²) in [5, 5.41) is 15.8. The molecule has 0 atom stereocenters. The average Bonchev–Trinajstić information content (AvgIpc) is 2.70. The lowest BCUT2D eigenvalue weighted by atomic mass is 10.4. The largest absolute Gasteiger partial charge is 0.480 e. The minimum atomic E-state index is -3.87. The van der Waals surface area contributed by atoms with Crippen molar-refractivity contribution in [2.24, 2.45) is 12.2 Å². The maximum absolute atomic E-state index is 11.8. The molecular formula is C10H15N3O6S. The number of aliphatic carboxylic acids is 1. The summed E-state index contributed by atoms with van der Waals surface area (Å²) in [7, 11) is -2.36. The first-order valence-corrected chi connectivity index (χ1v) is 7.03. The number of amides is 1. The fourth-order valence-corrected chi connectivity index (χ4v) is 1.98. The van der Waals surface area contributed by atoms with Gasteiger partial charge in [-0.25, -0.2) is 18.4 Å². The molecule has 0 radical (unpaired) electrons. The lowest BCUT2D eigenvalue weighted by molar-refractivity contribution is -0.142. The number of hydrogen-bond donors (Lipinski definition) is 3. The third-order valence-corrected chi connectivity index (χ3v) is 3.18. The number of hydrogen-bond acceptors (Lipinski definition) is 5. The van der Waals surface area contributed by atoms with Crippen molar-refractivity contribution >= 4 is 21.9 Å². The predicted octanol–water partition coefficient (Wildman–Crippen LogP) is -1.50. The van der Waals surface area contributed by atoms with E-state index in [0.717, 1.165) is 6.07 Å². The van der Waals surface area contributed by atoms with E-state index < -0.39 is 28.5 Å². The summed E-state index contributed by atoms with van der Waals surface area (Å²) >= 11 is 0. The Morgan fingerprint density at radius 3 is 2.65 bits per heavy atom. The molecule has 10 heteroatoms. The van der Waals surface area contributed by atoms with Crippen LogP contribution in [0.5, 0.6) is 0 Å². The van der Waals surface area contributed by atoms with Crippen LogP contribution in [0.4, 0.5) is 0 Å². The van der Waals surface area contributed by atoms with Crippen LogP contribution >= 0.6 is 0 Å². The summed E-state index contributed by atoms with van der Waals surface area (Å²) in [6, 6.07) is 1.16. The molecule has 4 N–H and O–H groups in total. The number of carbonyl (C=O) groups is 2. The van der Waals surface area contributed by atoms with Gasteiger partial charge < -0.3 is 19.7 Å². The van der Waals surface area contributed by atoms with Crippen LogP contribution < -0.4 is 10.5 Å². The highest BCUT2D eigenvalue weighted by Gasteiger charge is 2.17. The first kappa shape index (κ1) is 16.1. The highest BCUT2D eigenvalue weighted by atomic mass is 32.2. The molecule has 0 saturated carbocycles. The van der Waals surface area contributed by atoms with Crippen molar-refractivity contribution < 1.29 is 27.9 Å². The zero-order valence-corrected chi connectivity index (χ0v) is 11.5. The van der Waals surface area contributed by atoms with Crippen LogP contribution in [0, 0.1) is 0 Å². The molecule has 1 aromatic rings. The number of nitrogens with zero attached hydrogens (tertiary/aromatic N) is 1. The van der Waals surface area contributed by atoms with Gasteiger partial charge in [-0.2, -0.15) is 0 Å². The minimum Gasteiger partial charge on any atom is -0.480 e. The fourth-order valence-electron chi connectivity index (χ4n) is 1.40. The molecule has 0 saturated heterocycles. The average molecular weight is 305 g/mol. The Labute approximate surface area is 115 Å². The molecule has 112 valence electrons. The van der Waals surface area contributed by atoms with Gasteiger partial charge in [-0.1, -0.05) is 0 Å². The van der Waals surface area contributed by atoms with Gasteiger partial charge in [-0.15, -0.1) is 0 Å². The van der Waals surface area contributed by atoms with Crippen molar-refractivity contribution in [1.82, 2.24) is 9.88 Å². The minimum absolute atomic E-state index is 0.0322. The Kier molecular flexibility index (Phi) is 5.25. The van der Waals surface area contributed by atoms with Gasteiger partial charge in [0.25, 0.3) is 5.91 Å². The van der Waals surface area contributed by atoms with E-state index in [2.05, 4.69) is 5.32 Å². The van der Waals surface area contributed by atoms with Crippen LogP contribution in [0.2, 0.25) is 0 Å². The fraction of sp³-hybridized carbons (Fsp3) is 0.400. The van der Waals surface area contributed by atoms with Crippen molar-refractivity contribution in [3.63, 3.8) is 0 Å². The molecule has 0 spiro atoms. The smallest absolute Gasteiger partial charge is 0.329 e. The van der Waals surface area contributed by atoms with Crippen molar-refractivity contribution in [1.29, 1.82) is 0 Å². The summed E-state index contributed by atoms with van der Waals surface area (Å²) in [5.74, 6) is -1.61. The standard InChI is InChI=1S/C10H15N3O6S/c1-13-5-7(20(11,17)18)4-8(13)10(16)12-2-3-19-6-9(14)15/h4-5H,2-3,6H2,1H3,(H,12,16)(H,14,15)(H2,11,17,18). The molecule has 20 heavy (non-hydrogen) atoms. The van der Waals surface area contributed by atoms with E-state index in [1.807, 2.05) is 0 Å². The number of nitrogens with one attached hydrogen (secondary N) is 1. The Morgan fingerprint density at radius 1 is 1.50 bits per heavy atom. The normalized spacial score (nSPS) is 11.3. The van der Waals surface area contributed by atoms with Crippen LogP contribution in [0.25, 0.3) is 0 Å². The van der Waals surface area contributed by atoms with E-state index in [0.29, 0.717) is 0 Å². The van der Waals surface area contributed by atoms with Gasteiger partial charge in [0.2, 0.25) is 10.0 Å². The topological polar surface area (TPSA) is 141 Å². The molecule has 0 aliphatic rings. The number of aromatic nitrogens is 1. The van der Waals surface area contributed by atoms with E-state index in [1.54, 1.807) is 0 Å². The maximum Gasteiger partial charge on any atom is 0.329 e. The second kappa shape index (κ2) is 6.50. The Balaban J connectivity index is 2.56. The van der Waals surface area contributed by atoms with Crippen LogP contribution in [0.3, 0.4) is 0 Å². The lowest BCUT2D eigenvalue weighted by Gasteiger charge is -2.05. The molecule has 9 nitrogen and oxygen atoms in total. The van der Waals surface area contributed by atoms with E-state index in [4.69, 9.17) is 15.0 Å². The summed E-state index contributed by atoms with van der Waals surface area (Å²) in [4.78, 5) is 21.8. The Hall–Kier alpha value is -1.91. The van der Waals surface area contributed by atoms with Crippen LogP contribution in [0.15, 0.2) is 17.2 Å². The highest BCUT2D eigenvalue weighted by Crippen LogP contribution is 2.11. The molecule has 0 aliphatic heterocycles. The van der Waals surface area contributed by atoms with Gasteiger partial charge in [-0.05, 0) is 6.07 Å². The Bertz CT molecular complexity index is 607. The van der Waals surface area contributed by atoms with Crippen LogP contribution in [0.1, 0.15) is 10.5 Å². The van der Waals surface area contributed by atoms with Gasteiger partial charge in [-0.3, -0.25) is 4.79 Å². The number of carboxylic acids is 1. The van der Waals surface area contributed by atoms with Crippen molar-refractivity contribution in [2.45, 2.75) is 4.90 Å². The molecule has 1 amide bonds. The summed E-state index contributed by atoms with van der Waals surface area (Å²) < 4.78 is 28.3. The molecular weight excluding hydrogens is 290 g/mol. The number of nitrogens with two attached hydrogens (primary N) is 1. The zero-order chi connectivity index (χ0) is 15.3. The molecule has 0 bridgehead atoms. The number of carbonyl (C=O) groups excluding carboxylic acids is 1. The van der Waals surface area contributed by atoms with E-state index in [1.165, 1.54) is 17.8 Å². The summed E-state index contributed by atoms with van der Waals surface area (Å²) in [6.07, 6.45) is 1.23. The zero-order valence-electron chi connectivity index (χ0n) is 10.7. The van der Waals surface area contributed by atoms with Gasteiger partial charge in [0.1, 0.15) is 17.2 Å². The molecule has 0 aromatic carbocycles. The van der Waals surface area contributed by atoms with E-state index in [9.17, 15) is 18.0 Å². The van der Waals surface area contributed by atoms with Gasteiger partial charge in [0.05, 0.1) is 6.61 Å². The predicted molar refractivity (Wildman–Crippen MR) is 67.6 cm³/mol. The number of rotatable bonds is 7. The number of ether oxygens (including phenoxy) is 1. The van der Waals surface area contributed by atoms with Crippen LogP contribution in [-0.4, -0.2) is 49.7 Å². The molecule has 0 aliphatic carbocycles. The highest BCUT2D eigenvalue weighted by molar-refractivity contribution is 7.89. The number of sulfonamides is 1. The maximum atomic E-state index is 11.8. The van der Waals surface area contributed by atoms with Crippen molar-refractivity contribution in [3.05, 3.63) is 18.0 Å². The first-order valence-electron chi connectivity index (χ1n) is 5.48. The monoisotopic (exact) mass is 305 g/mol. The second-order valence-electron chi connectivity index (χ2n) is 3.92. The third kappa shape index (κ3) is 4.64. The molecule has 0 unspecified atom stereocenters. The summed E-state index contributed by atoms with van der Waals surface area (Å²) in [5.41, 5.74) is 0.118. The molecule has 1 aromatic heterocycles. The third-order valence-electron chi connectivity index (χ3n) is 2.30. The molecule has 1 heterocycles. The summed E-state index contributed by atoms with van der Waals surface area (Å²) in [6.45, 7) is -0.317. The first-order chi connectivity index (χ1) is 9.21. The van der Waals surface area contributed by atoms with Crippen molar-refractivity contribution in [3.8, 4) is 0 Å². The Morgan fingerprint density at radius 2 is 2.15 bits per heavy atom. The lowest BCUT2D eigenvalue weighted by Crippen LogP contribution is -2.29. The van der Waals surface area contributed by atoms with E-state index in [-0.39, 0.29) is 23.7 Å². The number of aryl methyl sites for hydroxylation is 1. The van der Waals surface area contributed by atoms with Gasteiger partial charge in [0.15, 0.2) is 0 Å². The van der Waals surface area contributed by atoms with E-state index >= 15 is 0 Å². The van der Waals surface area contributed by atoms with Crippen molar-refractivity contribution in [2.75, 3.05) is 19.8 Å². The second-order valence-corrected chi connectivity index (χ2v) is 5.48. The molecule has 0 fully saturated rings. The van der Waals surface area contributed by atoms with Gasteiger partial charge >= 0.3 is 5.97 Å². The number of primary sulfonamides is 1. The van der Waals surface area contributed by atoms with Crippen LogP contribution in [-0.2, 0) is 26.6 Å². The quantitative estimate of drug-likeness (QED) is 0.524.